The fraction of sp³-hybridized carbons (Fsp3) is 0.600. The van der Waals surface area contributed by atoms with Crippen LogP contribution in [-0.4, -0.2) is 29.5 Å². The van der Waals surface area contributed by atoms with E-state index in [0.29, 0.717) is 0 Å². The molecule has 0 radical (unpaired) electrons. The molecule has 18 heavy (non-hydrogen) atoms. The summed E-state index contributed by atoms with van der Waals surface area (Å²) in [5.74, 6) is 2.50. The fourth-order valence-corrected chi connectivity index (χ4v) is 2.69. The number of rotatable bonds is 9. The van der Waals surface area contributed by atoms with Crippen molar-refractivity contribution in [2.24, 2.45) is 0 Å². The van der Waals surface area contributed by atoms with Gasteiger partial charge in [0, 0.05) is 12.2 Å². The molecule has 0 aliphatic rings. The normalized spacial score (nSPS) is 11.1. The molecule has 2 N–H and O–H groups in total. The molecule has 2 nitrogen and oxygen atoms in total. The van der Waals surface area contributed by atoms with Gasteiger partial charge in [0.05, 0.1) is 0 Å². The van der Waals surface area contributed by atoms with Crippen molar-refractivity contribution in [3.8, 4) is 0 Å². The zero-order valence-electron chi connectivity index (χ0n) is 11.7. The summed E-state index contributed by atoms with van der Waals surface area (Å²) in [7, 11) is 0. The lowest BCUT2D eigenvalue weighted by atomic mass is 10.2. The fourth-order valence-electron chi connectivity index (χ4n) is 2.07. The molecule has 102 valence electrons. The largest absolute Gasteiger partial charge is 0.399 e. The summed E-state index contributed by atoms with van der Waals surface area (Å²) in [6, 6.07) is 8.25. The van der Waals surface area contributed by atoms with Gasteiger partial charge in [-0.1, -0.05) is 26.0 Å². The maximum atomic E-state index is 5.83. The molecule has 0 spiro atoms. The van der Waals surface area contributed by atoms with E-state index in [1.807, 2.05) is 23.9 Å². The lowest BCUT2D eigenvalue weighted by Crippen LogP contribution is -2.25. The monoisotopic (exact) mass is 266 g/mol. The predicted molar refractivity (Wildman–Crippen MR) is 84.0 cm³/mol. The van der Waals surface area contributed by atoms with Gasteiger partial charge in [-0.2, -0.15) is 11.8 Å². The van der Waals surface area contributed by atoms with Gasteiger partial charge in [-0.05, 0) is 55.1 Å². The van der Waals surface area contributed by atoms with Crippen LogP contribution in [0.3, 0.4) is 0 Å². The molecule has 0 aromatic heterocycles. The Kier molecular flexibility index (Phi) is 7.94. The zero-order chi connectivity index (χ0) is 13.2. The highest BCUT2D eigenvalue weighted by Gasteiger charge is 2.05. The van der Waals surface area contributed by atoms with E-state index in [9.17, 15) is 0 Å². The average Bonchev–Trinajstić information content (AvgIpc) is 2.35. The van der Waals surface area contributed by atoms with Gasteiger partial charge in [0.15, 0.2) is 0 Å². The number of nitrogen functional groups attached to an aromatic ring is 1. The van der Waals surface area contributed by atoms with Gasteiger partial charge in [-0.3, -0.25) is 4.90 Å². The summed E-state index contributed by atoms with van der Waals surface area (Å²) in [6.07, 6.45) is 2.49. The van der Waals surface area contributed by atoms with Crippen LogP contribution >= 0.6 is 11.8 Å². The van der Waals surface area contributed by atoms with E-state index in [2.05, 4.69) is 30.9 Å². The van der Waals surface area contributed by atoms with Gasteiger partial charge in [0.1, 0.15) is 0 Å². The Morgan fingerprint density at radius 3 is 2.72 bits per heavy atom. The summed E-state index contributed by atoms with van der Waals surface area (Å²) < 4.78 is 0. The number of anilines is 1. The third-order valence-corrected chi connectivity index (χ3v) is 3.85. The molecule has 3 heteroatoms. The Labute approximate surface area is 116 Å². The first kappa shape index (κ1) is 15.4. The minimum absolute atomic E-state index is 0.866. The molecule has 0 fully saturated rings. The third-order valence-electron chi connectivity index (χ3n) is 2.86. The van der Waals surface area contributed by atoms with Crippen molar-refractivity contribution in [1.29, 1.82) is 0 Å². The van der Waals surface area contributed by atoms with Gasteiger partial charge < -0.3 is 5.73 Å². The maximum Gasteiger partial charge on any atom is 0.0317 e. The predicted octanol–water partition coefficient (Wildman–Crippen LogP) is 3.62. The van der Waals surface area contributed by atoms with Crippen LogP contribution < -0.4 is 5.73 Å². The van der Waals surface area contributed by atoms with E-state index in [0.717, 1.165) is 12.2 Å². The second-order valence-electron chi connectivity index (χ2n) is 4.57. The van der Waals surface area contributed by atoms with Crippen LogP contribution in [0, 0.1) is 0 Å². The topological polar surface area (TPSA) is 29.3 Å². The molecule has 0 unspecified atom stereocenters. The second kappa shape index (κ2) is 9.29. The van der Waals surface area contributed by atoms with E-state index >= 15 is 0 Å². The van der Waals surface area contributed by atoms with Gasteiger partial charge in [0.25, 0.3) is 0 Å². The van der Waals surface area contributed by atoms with Gasteiger partial charge >= 0.3 is 0 Å². The highest BCUT2D eigenvalue weighted by atomic mass is 32.2. The Morgan fingerprint density at radius 2 is 2.06 bits per heavy atom. The van der Waals surface area contributed by atoms with E-state index < -0.39 is 0 Å². The summed E-state index contributed by atoms with van der Waals surface area (Å²) in [5.41, 5.74) is 8.02. The first-order chi connectivity index (χ1) is 8.76. The first-order valence-corrected chi connectivity index (χ1v) is 8.06. The van der Waals surface area contributed by atoms with Crippen LogP contribution in [0.25, 0.3) is 0 Å². The first-order valence-electron chi connectivity index (χ1n) is 6.90. The molecule has 1 aromatic carbocycles. The molecule has 0 bridgehead atoms. The van der Waals surface area contributed by atoms with Crippen LogP contribution in [0.4, 0.5) is 5.69 Å². The summed E-state index contributed by atoms with van der Waals surface area (Å²) in [4.78, 5) is 2.53. The van der Waals surface area contributed by atoms with Crippen LogP contribution in [0.2, 0.25) is 0 Å². The standard InChI is InChI=1S/C15H26N2S/c1-3-9-17(10-6-11-18-4-2)13-14-7-5-8-15(16)12-14/h5,7-8,12H,3-4,6,9-11,13,16H2,1-2H3. The maximum absolute atomic E-state index is 5.83. The van der Waals surface area contributed by atoms with Crippen LogP contribution in [-0.2, 0) is 6.54 Å². The molecule has 1 rings (SSSR count). The Hall–Kier alpha value is -0.670. The second-order valence-corrected chi connectivity index (χ2v) is 5.97. The quantitative estimate of drug-likeness (QED) is 0.547. The SMILES string of the molecule is CCCN(CCCSCC)Cc1cccc(N)c1. The molecule has 0 aliphatic carbocycles. The van der Waals surface area contributed by atoms with Crippen LogP contribution in [0.15, 0.2) is 24.3 Å². The Balaban J connectivity index is 2.41. The molecule has 0 saturated carbocycles. The molecule has 0 saturated heterocycles. The van der Waals surface area contributed by atoms with Crippen LogP contribution in [0.5, 0.6) is 0 Å². The number of nitrogens with zero attached hydrogens (tertiary/aromatic N) is 1. The highest BCUT2D eigenvalue weighted by molar-refractivity contribution is 7.99. The van der Waals surface area contributed by atoms with Crippen LogP contribution in [0.1, 0.15) is 32.3 Å². The zero-order valence-corrected chi connectivity index (χ0v) is 12.5. The molecular formula is C15H26N2S. The van der Waals surface area contributed by atoms with E-state index in [1.54, 1.807) is 0 Å². The number of benzene rings is 1. The van der Waals surface area contributed by atoms with Crippen molar-refractivity contribution in [3.05, 3.63) is 29.8 Å². The molecule has 0 heterocycles. The highest BCUT2D eigenvalue weighted by Crippen LogP contribution is 2.11. The van der Waals surface area contributed by atoms with E-state index in [4.69, 9.17) is 5.73 Å². The van der Waals surface area contributed by atoms with Crippen molar-refractivity contribution >= 4 is 17.4 Å². The lowest BCUT2D eigenvalue weighted by molar-refractivity contribution is 0.267. The summed E-state index contributed by atoms with van der Waals surface area (Å²) >= 11 is 2.03. The number of hydrogen-bond donors (Lipinski definition) is 1. The average molecular weight is 266 g/mol. The molecule has 0 atom stereocenters. The number of nitrogens with two attached hydrogens (primary N) is 1. The lowest BCUT2D eigenvalue weighted by Gasteiger charge is -2.21. The number of hydrogen-bond acceptors (Lipinski definition) is 3. The van der Waals surface area contributed by atoms with Crippen molar-refractivity contribution in [2.75, 3.05) is 30.3 Å². The molecule has 1 aromatic rings. The van der Waals surface area contributed by atoms with Crippen molar-refractivity contribution in [2.45, 2.75) is 33.2 Å². The van der Waals surface area contributed by atoms with E-state index in [-0.39, 0.29) is 0 Å². The Morgan fingerprint density at radius 1 is 1.22 bits per heavy atom. The van der Waals surface area contributed by atoms with Crippen molar-refractivity contribution in [1.82, 2.24) is 4.90 Å². The van der Waals surface area contributed by atoms with Gasteiger partial charge in [0.2, 0.25) is 0 Å². The van der Waals surface area contributed by atoms with Gasteiger partial charge in [-0.15, -0.1) is 0 Å². The smallest absolute Gasteiger partial charge is 0.0317 e. The molecule has 0 amide bonds. The number of thioether (sulfide) groups is 1. The molecule has 0 aliphatic heterocycles. The summed E-state index contributed by atoms with van der Waals surface area (Å²) in [5, 5.41) is 0. The van der Waals surface area contributed by atoms with Gasteiger partial charge in [-0.25, -0.2) is 0 Å². The van der Waals surface area contributed by atoms with E-state index in [1.165, 1.54) is 43.0 Å². The molecular weight excluding hydrogens is 240 g/mol. The minimum Gasteiger partial charge on any atom is -0.399 e. The Bertz CT molecular complexity index is 328. The van der Waals surface area contributed by atoms with Crippen molar-refractivity contribution in [3.63, 3.8) is 0 Å². The third kappa shape index (κ3) is 6.31. The van der Waals surface area contributed by atoms with Crippen molar-refractivity contribution < 1.29 is 0 Å². The summed E-state index contributed by atoms with van der Waals surface area (Å²) in [6.45, 7) is 7.85. The minimum atomic E-state index is 0.866.